The van der Waals surface area contributed by atoms with E-state index in [4.69, 9.17) is 9.47 Å². The molecule has 0 aliphatic heterocycles. The fourth-order valence-electron chi connectivity index (χ4n) is 3.56. The Morgan fingerprint density at radius 3 is 2.54 bits per heavy atom. The molecule has 0 saturated carbocycles. The second-order valence-corrected chi connectivity index (χ2v) is 9.51. The Morgan fingerprint density at radius 2 is 1.87 bits per heavy atom. The number of aryl methyl sites for hydroxylation is 2. The molecule has 0 aromatic heterocycles. The van der Waals surface area contributed by atoms with E-state index in [2.05, 4.69) is 10.6 Å². The number of rotatable bonds is 10. The van der Waals surface area contributed by atoms with Crippen LogP contribution in [0, 0.1) is 38.9 Å². The lowest BCUT2D eigenvalue weighted by Gasteiger charge is -2.15. The highest BCUT2D eigenvalue weighted by Crippen LogP contribution is 2.35. The van der Waals surface area contributed by atoms with E-state index in [0.29, 0.717) is 32.9 Å². The number of anilines is 2. The fourth-order valence-corrected chi connectivity index (χ4v) is 4.34. The van der Waals surface area contributed by atoms with Crippen LogP contribution >= 0.6 is 22.6 Å². The van der Waals surface area contributed by atoms with E-state index in [9.17, 15) is 25.0 Å². The number of nitro benzene ring substituents is 1. The Hall–Kier alpha value is -4.44. The molecule has 0 fully saturated rings. The molecule has 0 atom stereocenters. The van der Waals surface area contributed by atoms with Gasteiger partial charge in [0.2, 0.25) is 0 Å². The summed E-state index contributed by atoms with van der Waals surface area (Å²) in [6.07, 6.45) is 1.37. The highest BCUT2D eigenvalue weighted by molar-refractivity contribution is 14.1. The predicted molar refractivity (Wildman–Crippen MR) is 156 cm³/mol. The molecule has 2 amide bonds. The van der Waals surface area contributed by atoms with Crippen LogP contribution in [0.2, 0.25) is 0 Å². The molecule has 3 rings (SSSR count). The molecule has 0 bridgehead atoms. The maximum Gasteiger partial charge on any atom is 0.271 e. The second-order valence-electron chi connectivity index (χ2n) is 8.35. The van der Waals surface area contributed by atoms with Gasteiger partial charge in [-0.05, 0) is 84.8 Å². The summed E-state index contributed by atoms with van der Waals surface area (Å²) in [5.41, 5.74) is 2.98. The fraction of sp³-hybridized carbons (Fsp3) is 0.179. The number of halogens is 1. The van der Waals surface area contributed by atoms with Gasteiger partial charge in [0.05, 0.1) is 15.1 Å². The summed E-state index contributed by atoms with van der Waals surface area (Å²) in [7, 11) is 0. The zero-order chi connectivity index (χ0) is 28.5. The molecule has 10 nitrogen and oxygen atoms in total. The Morgan fingerprint density at radius 1 is 1.10 bits per heavy atom. The van der Waals surface area contributed by atoms with E-state index in [0.717, 1.165) is 11.1 Å². The van der Waals surface area contributed by atoms with Crippen molar-refractivity contribution in [2.24, 2.45) is 0 Å². The van der Waals surface area contributed by atoms with Crippen molar-refractivity contribution in [2.75, 3.05) is 23.8 Å². The Labute approximate surface area is 238 Å². The summed E-state index contributed by atoms with van der Waals surface area (Å²) in [5, 5.41) is 25.9. The van der Waals surface area contributed by atoms with Crippen molar-refractivity contribution in [1.29, 1.82) is 5.26 Å². The van der Waals surface area contributed by atoms with E-state index >= 15 is 0 Å². The van der Waals surface area contributed by atoms with Gasteiger partial charge in [0, 0.05) is 23.5 Å². The Bertz CT molecular complexity index is 1500. The summed E-state index contributed by atoms with van der Waals surface area (Å²) in [6.45, 7) is 5.73. The summed E-state index contributed by atoms with van der Waals surface area (Å²) < 4.78 is 12.1. The summed E-state index contributed by atoms with van der Waals surface area (Å²) in [4.78, 5) is 35.6. The summed E-state index contributed by atoms with van der Waals surface area (Å²) in [6, 6.07) is 16.3. The molecule has 200 valence electrons. The molecular formula is C28H25IN4O6. The van der Waals surface area contributed by atoms with Crippen LogP contribution in [0.1, 0.15) is 23.6 Å². The number of non-ortho nitro benzene ring substituents is 1. The topological polar surface area (TPSA) is 144 Å². The number of nitrogens with zero attached hydrogens (tertiary/aromatic N) is 2. The first-order valence-electron chi connectivity index (χ1n) is 11.7. The largest absolute Gasteiger partial charge is 0.490 e. The van der Waals surface area contributed by atoms with Crippen molar-refractivity contribution in [3.05, 3.63) is 90.5 Å². The van der Waals surface area contributed by atoms with Crippen LogP contribution in [-0.2, 0) is 9.59 Å². The third kappa shape index (κ3) is 8.02. The molecule has 3 aromatic carbocycles. The molecule has 0 spiro atoms. The van der Waals surface area contributed by atoms with Crippen LogP contribution in [-0.4, -0.2) is 30.0 Å². The first-order valence-corrected chi connectivity index (χ1v) is 12.8. The van der Waals surface area contributed by atoms with Gasteiger partial charge in [-0.25, -0.2) is 0 Å². The number of hydrogen-bond donors (Lipinski definition) is 2. The van der Waals surface area contributed by atoms with E-state index in [1.165, 1.54) is 30.3 Å². The zero-order valence-corrected chi connectivity index (χ0v) is 23.6. The number of nitriles is 1. The zero-order valence-electron chi connectivity index (χ0n) is 21.4. The van der Waals surface area contributed by atoms with Crippen LogP contribution in [0.3, 0.4) is 0 Å². The van der Waals surface area contributed by atoms with Gasteiger partial charge in [0.15, 0.2) is 18.1 Å². The number of ether oxygens (including phenoxy) is 2. The normalized spacial score (nSPS) is 10.8. The summed E-state index contributed by atoms with van der Waals surface area (Å²) in [5.74, 6) is -0.376. The molecule has 0 unspecified atom stereocenters. The standard InChI is InChI=1S/C28H25IN4O6/c1-4-38-25-13-19(11-20(15-30)28(35)31-21-6-5-7-22(14-21)33(36)37)12-23(29)27(25)39-16-26(34)32-24-9-8-17(2)10-18(24)3/h5-14H,4,16H2,1-3H3,(H,31,35)(H,32,34)/b20-11-. The minimum Gasteiger partial charge on any atom is -0.490 e. The third-order valence-corrected chi connectivity index (χ3v) is 6.13. The quantitative estimate of drug-likeness (QED) is 0.0941. The molecule has 0 heterocycles. The maximum absolute atomic E-state index is 12.7. The Balaban J connectivity index is 1.78. The minimum absolute atomic E-state index is 0.183. The minimum atomic E-state index is -0.727. The third-order valence-electron chi connectivity index (χ3n) is 5.33. The lowest BCUT2D eigenvalue weighted by molar-refractivity contribution is -0.384. The molecule has 0 saturated heterocycles. The number of nitro groups is 1. The number of nitrogens with one attached hydrogen (secondary N) is 2. The average molecular weight is 640 g/mol. The molecule has 2 N–H and O–H groups in total. The number of hydrogen-bond acceptors (Lipinski definition) is 7. The molecule has 3 aromatic rings. The molecule has 39 heavy (non-hydrogen) atoms. The van der Waals surface area contributed by atoms with Crippen LogP contribution in [0.15, 0.2) is 60.2 Å². The van der Waals surface area contributed by atoms with Gasteiger partial charge >= 0.3 is 0 Å². The van der Waals surface area contributed by atoms with Crippen LogP contribution in [0.5, 0.6) is 11.5 Å². The maximum atomic E-state index is 12.7. The summed E-state index contributed by atoms with van der Waals surface area (Å²) >= 11 is 2.02. The number of carbonyl (C=O) groups is 2. The van der Waals surface area contributed by atoms with Crippen molar-refractivity contribution in [3.63, 3.8) is 0 Å². The number of carbonyl (C=O) groups excluding carboxylic acids is 2. The van der Waals surface area contributed by atoms with Crippen molar-refractivity contribution in [2.45, 2.75) is 20.8 Å². The van der Waals surface area contributed by atoms with Crippen LogP contribution in [0.4, 0.5) is 17.1 Å². The first kappa shape index (κ1) is 29.1. The Kier molecular flexibility index (Phi) is 9.99. The monoisotopic (exact) mass is 640 g/mol. The van der Waals surface area contributed by atoms with E-state index in [1.54, 1.807) is 19.1 Å². The van der Waals surface area contributed by atoms with Gasteiger partial charge in [-0.2, -0.15) is 5.26 Å². The van der Waals surface area contributed by atoms with Crippen molar-refractivity contribution >= 4 is 57.5 Å². The van der Waals surface area contributed by atoms with Crippen molar-refractivity contribution in [1.82, 2.24) is 0 Å². The number of benzene rings is 3. The predicted octanol–water partition coefficient (Wildman–Crippen LogP) is 5.78. The van der Waals surface area contributed by atoms with Crippen LogP contribution in [0.25, 0.3) is 6.08 Å². The van der Waals surface area contributed by atoms with Crippen molar-refractivity contribution in [3.8, 4) is 17.6 Å². The van der Waals surface area contributed by atoms with E-state index in [1.807, 2.05) is 60.7 Å². The van der Waals surface area contributed by atoms with Gasteiger partial charge < -0.3 is 20.1 Å². The van der Waals surface area contributed by atoms with E-state index < -0.39 is 10.8 Å². The molecule has 0 radical (unpaired) electrons. The van der Waals surface area contributed by atoms with Gasteiger partial charge in [0.1, 0.15) is 11.6 Å². The number of amides is 2. The van der Waals surface area contributed by atoms with Gasteiger partial charge in [-0.15, -0.1) is 0 Å². The molecule has 11 heteroatoms. The SMILES string of the molecule is CCOc1cc(/C=C(/C#N)C(=O)Nc2cccc([N+](=O)[O-])c2)cc(I)c1OCC(=O)Nc1ccc(C)cc1C. The molecular weight excluding hydrogens is 615 g/mol. The smallest absolute Gasteiger partial charge is 0.271 e. The first-order chi connectivity index (χ1) is 18.6. The molecule has 0 aliphatic carbocycles. The van der Waals surface area contributed by atoms with E-state index in [-0.39, 0.29) is 29.5 Å². The van der Waals surface area contributed by atoms with Gasteiger partial charge in [-0.1, -0.05) is 23.8 Å². The second kappa shape index (κ2) is 13.4. The lowest BCUT2D eigenvalue weighted by Crippen LogP contribution is -2.21. The highest BCUT2D eigenvalue weighted by atomic mass is 127. The molecule has 0 aliphatic rings. The van der Waals surface area contributed by atoms with Crippen molar-refractivity contribution < 1.29 is 24.0 Å². The highest BCUT2D eigenvalue weighted by Gasteiger charge is 2.17. The average Bonchev–Trinajstić information content (AvgIpc) is 2.88. The van der Waals surface area contributed by atoms with Gasteiger partial charge in [-0.3, -0.25) is 19.7 Å². The van der Waals surface area contributed by atoms with Crippen LogP contribution < -0.4 is 20.1 Å². The lowest BCUT2D eigenvalue weighted by atomic mass is 10.1. The van der Waals surface area contributed by atoms with Gasteiger partial charge in [0.25, 0.3) is 17.5 Å².